The van der Waals surface area contributed by atoms with E-state index in [1.807, 2.05) is 32.9 Å². The Morgan fingerprint density at radius 1 is 1.44 bits per heavy atom. The van der Waals surface area contributed by atoms with Crippen LogP contribution >= 0.6 is 0 Å². The second-order valence-electron chi connectivity index (χ2n) is 4.68. The number of aliphatic hydroxyl groups excluding tert-OH is 1. The molecule has 0 aromatic heterocycles. The Hall–Kier alpha value is -1.53. The minimum absolute atomic E-state index is 0.459. The predicted octanol–water partition coefficient (Wildman–Crippen LogP) is 2.44. The van der Waals surface area contributed by atoms with Crippen molar-refractivity contribution in [1.29, 1.82) is 5.26 Å². The zero-order valence-corrected chi connectivity index (χ0v) is 10.2. The van der Waals surface area contributed by atoms with E-state index in [1.54, 1.807) is 13.0 Å². The third-order valence-corrected chi connectivity index (χ3v) is 2.80. The molecule has 3 nitrogen and oxygen atoms in total. The summed E-state index contributed by atoms with van der Waals surface area (Å²) in [5, 5.41) is 21.8. The summed E-state index contributed by atoms with van der Waals surface area (Å²) in [6.07, 6.45) is -0.500. The van der Waals surface area contributed by atoms with Gasteiger partial charge in [0.15, 0.2) is 0 Å². The zero-order valence-electron chi connectivity index (χ0n) is 10.2. The molecule has 2 N–H and O–H groups in total. The fourth-order valence-corrected chi connectivity index (χ4v) is 1.31. The van der Waals surface area contributed by atoms with Crippen molar-refractivity contribution in [3.63, 3.8) is 0 Å². The van der Waals surface area contributed by atoms with Crippen LogP contribution in [-0.4, -0.2) is 16.7 Å². The molecule has 0 aliphatic heterocycles. The molecule has 1 aromatic carbocycles. The monoisotopic (exact) mass is 218 g/mol. The standard InChI is InChI=1S/C13H18N2O/c1-9-5-6-11(8-14)12(7-9)15-13(3,4)10(2)16/h5-7,10,15-16H,1-4H3. The van der Waals surface area contributed by atoms with Gasteiger partial charge >= 0.3 is 0 Å². The van der Waals surface area contributed by atoms with Gasteiger partial charge < -0.3 is 10.4 Å². The van der Waals surface area contributed by atoms with Crippen LogP contribution in [0.1, 0.15) is 31.9 Å². The van der Waals surface area contributed by atoms with Crippen LogP contribution in [0, 0.1) is 18.3 Å². The number of nitrogens with zero attached hydrogens (tertiary/aromatic N) is 1. The molecule has 0 amide bonds. The first kappa shape index (κ1) is 12.5. The lowest BCUT2D eigenvalue weighted by Crippen LogP contribution is -2.42. The zero-order chi connectivity index (χ0) is 12.3. The molecule has 1 aromatic rings. The van der Waals surface area contributed by atoms with E-state index in [0.29, 0.717) is 5.56 Å². The average Bonchev–Trinajstić information content (AvgIpc) is 2.17. The van der Waals surface area contributed by atoms with Crippen molar-refractivity contribution in [3.8, 4) is 6.07 Å². The van der Waals surface area contributed by atoms with Crippen molar-refractivity contribution in [2.75, 3.05) is 5.32 Å². The first-order valence-corrected chi connectivity index (χ1v) is 5.34. The van der Waals surface area contributed by atoms with E-state index in [0.717, 1.165) is 11.3 Å². The van der Waals surface area contributed by atoms with Gasteiger partial charge in [-0.25, -0.2) is 0 Å². The van der Waals surface area contributed by atoms with Crippen molar-refractivity contribution in [1.82, 2.24) is 0 Å². The third-order valence-electron chi connectivity index (χ3n) is 2.80. The van der Waals surface area contributed by atoms with Crippen molar-refractivity contribution >= 4 is 5.69 Å². The van der Waals surface area contributed by atoms with Crippen LogP contribution in [0.15, 0.2) is 18.2 Å². The molecule has 1 rings (SSSR count). The molecule has 0 saturated heterocycles. The van der Waals surface area contributed by atoms with Gasteiger partial charge in [-0.1, -0.05) is 6.07 Å². The van der Waals surface area contributed by atoms with E-state index in [-0.39, 0.29) is 0 Å². The smallest absolute Gasteiger partial charge is 0.101 e. The lowest BCUT2D eigenvalue weighted by atomic mass is 9.97. The van der Waals surface area contributed by atoms with E-state index in [1.165, 1.54) is 0 Å². The summed E-state index contributed by atoms with van der Waals surface area (Å²) in [4.78, 5) is 0. The normalized spacial score (nSPS) is 13.0. The molecule has 0 bridgehead atoms. The van der Waals surface area contributed by atoms with Crippen molar-refractivity contribution in [2.24, 2.45) is 0 Å². The maximum absolute atomic E-state index is 9.63. The number of nitrogens with one attached hydrogen (secondary N) is 1. The molecule has 0 heterocycles. The van der Waals surface area contributed by atoms with Gasteiger partial charge in [0.25, 0.3) is 0 Å². The summed E-state index contributed by atoms with van der Waals surface area (Å²) in [5.74, 6) is 0. The molecule has 0 aliphatic carbocycles. The molecule has 3 heteroatoms. The first-order valence-electron chi connectivity index (χ1n) is 5.34. The molecule has 1 unspecified atom stereocenters. The average molecular weight is 218 g/mol. The number of hydrogen-bond acceptors (Lipinski definition) is 3. The van der Waals surface area contributed by atoms with Crippen molar-refractivity contribution in [2.45, 2.75) is 39.3 Å². The Morgan fingerprint density at radius 2 is 2.06 bits per heavy atom. The Labute approximate surface area is 96.7 Å². The second kappa shape index (κ2) is 4.54. The minimum atomic E-state index is -0.500. The van der Waals surface area contributed by atoms with Gasteiger partial charge in [0.1, 0.15) is 6.07 Å². The number of anilines is 1. The van der Waals surface area contributed by atoms with Gasteiger partial charge in [0.05, 0.1) is 22.9 Å². The summed E-state index contributed by atoms with van der Waals surface area (Å²) in [6.45, 7) is 7.51. The SMILES string of the molecule is Cc1ccc(C#N)c(NC(C)(C)C(C)O)c1. The Bertz CT molecular complexity index is 416. The van der Waals surface area contributed by atoms with E-state index >= 15 is 0 Å². The van der Waals surface area contributed by atoms with E-state index in [4.69, 9.17) is 5.26 Å². The van der Waals surface area contributed by atoms with Crippen LogP contribution < -0.4 is 5.32 Å². The molecular weight excluding hydrogens is 200 g/mol. The van der Waals surface area contributed by atoms with Crippen molar-refractivity contribution in [3.05, 3.63) is 29.3 Å². The van der Waals surface area contributed by atoms with Crippen LogP contribution in [0.2, 0.25) is 0 Å². The van der Waals surface area contributed by atoms with Gasteiger partial charge in [-0.2, -0.15) is 5.26 Å². The highest BCUT2D eigenvalue weighted by Crippen LogP contribution is 2.22. The Balaban J connectivity index is 3.06. The van der Waals surface area contributed by atoms with E-state index in [2.05, 4.69) is 11.4 Å². The molecule has 0 fully saturated rings. The molecule has 0 saturated carbocycles. The predicted molar refractivity (Wildman–Crippen MR) is 65.3 cm³/mol. The highest BCUT2D eigenvalue weighted by atomic mass is 16.3. The van der Waals surface area contributed by atoms with E-state index in [9.17, 15) is 5.11 Å². The van der Waals surface area contributed by atoms with Crippen LogP contribution in [-0.2, 0) is 0 Å². The highest BCUT2D eigenvalue weighted by molar-refractivity contribution is 5.60. The topological polar surface area (TPSA) is 56.0 Å². The number of nitriles is 1. The van der Waals surface area contributed by atoms with E-state index < -0.39 is 11.6 Å². The lowest BCUT2D eigenvalue weighted by Gasteiger charge is -2.31. The third kappa shape index (κ3) is 2.74. The summed E-state index contributed by atoms with van der Waals surface area (Å²) < 4.78 is 0. The van der Waals surface area contributed by atoms with Gasteiger partial charge in [-0.15, -0.1) is 0 Å². The fraction of sp³-hybridized carbons (Fsp3) is 0.462. The largest absolute Gasteiger partial charge is 0.391 e. The quantitative estimate of drug-likeness (QED) is 0.819. The molecule has 1 atom stereocenters. The van der Waals surface area contributed by atoms with Crippen LogP contribution in [0.25, 0.3) is 0 Å². The Morgan fingerprint density at radius 3 is 2.56 bits per heavy atom. The van der Waals surface area contributed by atoms with Crippen LogP contribution in [0.4, 0.5) is 5.69 Å². The number of aryl methyl sites for hydroxylation is 1. The molecule has 86 valence electrons. The van der Waals surface area contributed by atoms with Gasteiger partial charge in [0.2, 0.25) is 0 Å². The number of hydrogen-bond donors (Lipinski definition) is 2. The Kier molecular flexibility index (Phi) is 3.56. The van der Waals surface area contributed by atoms with Crippen LogP contribution in [0.5, 0.6) is 0 Å². The van der Waals surface area contributed by atoms with Gasteiger partial charge in [-0.05, 0) is 45.4 Å². The second-order valence-corrected chi connectivity index (χ2v) is 4.68. The lowest BCUT2D eigenvalue weighted by molar-refractivity contribution is 0.133. The molecule has 0 aliphatic rings. The molecular formula is C13H18N2O. The van der Waals surface area contributed by atoms with Gasteiger partial charge in [0, 0.05) is 0 Å². The minimum Gasteiger partial charge on any atom is -0.391 e. The van der Waals surface area contributed by atoms with Crippen LogP contribution in [0.3, 0.4) is 0 Å². The highest BCUT2D eigenvalue weighted by Gasteiger charge is 2.24. The summed E-state index contributed by atoms with van der Waals surface area (Å²) in [6, 6.07) is 7.75. The summed E-state index contributed by atoms with van der Waals surface area (Å²) in [5.41, 5.74) is 2.00. The fourth-order valence-electron chi connectivity index (χ4n) is 1.31. The maximum atomic E-state index is 9.63. The number of rotatable bonds is 3. The molecule has 0 radical (unpaired) electrons. The summed E-state index contributed by atoms with van der Waals surface area (Å²) >= 11 is 0. The number of benzene rings is 1. The maximum Gasteiger partial charge on any atom is 0.101 e. The summed E-state index contributed by atoms with van der Waals surface area (Å²) in [7, 11) is 0. The molecule has 0 spiro atoms. The van der Waals surface area contributed by atoms with Crippen molar-refractivity contribution < 1.29 is 5.11 Å². The molecule has 16 heavy (non-hydrogen) atoms. The first-order chi connectivity index (χ1) is 7.36. The number of aliphatic hydroxyl groups is 1. The van der Waals surface area contributed by atoms with Gasteiger partial charge in [-0.3, -0.25) is 0 Å².